The Morgan fingerprint density at radius 1 is 0.900 bits per heavy atom. The maximum Gasteiger partial charge on any atom is 0.161 e. The largest absolute Gasteiger partial charge is 0.506 e. The molecule has 0 aliphatic rings. The van der Waals surface area contributed by atoms with Gasteiger partial charge in [0.1, 0.15) is 16.8 Å². The van der Waals surface area contributed by atoms with Gasteiger partial charge in [-0.1, -0.05) is 0 Å². The summed E-state index contributed by atoms with van der Waals surface area (Å²) in [7, 11) is 0. The van der Waals surface area contributed by atoms with Crippen molar-refractivity contribution < 1.29 is 5.11 Å². The van der Waals surface area contributed by atoms with Gasteiger partial charge in [0.15, 0.2) is 11.5 Å². The van der Waals surface area contributed by atoms with Crippen LogP contribution >= 0.6 is 11.3 Å². The van der Waals surface area contributed by atoms with Gasteiger partial charge in [-0.15, -0.1) is 0 Å². The molecule has 144 valence electrons. The van der Waals surface area contributed by atoms with Crippen molar-refractivity contribution in [1.29, 1.82) is 0 Å². The molecule has 9 heteroatoms. The first-order valence-electron chi connectivity index (χ1n) is 9.13. The van der Waals surface area contributed by atoms with E-state index < -0.39 is 0 Å². The quantitative estimate of drug-likeness (QED) is 0.398. The lowest BCUT2D eigenvalue weighted by atomic mass is 10.1. The average molecular weight is 411 g/mol. The van der Waals surface area contributed by atoms with Crippen LogP contribution in [0.4, 0.5) is 0 Å². The van der Waals surface area contributed by atoms with Gasteiger partial charge in [0.25, 0.3) is 0 Å². The van der Waals surface area contributed by atoms with Crippen LogP contribution in [0, 0.1) is 0 Å². The third-order valence-electron chi connectivity index (χ3n) is 4.85. The molecule has 8 nitrogen and oxygen atoms in total. The number of H-pyrrole nitrogens is 2. The summed E-state index contributed by atoms with van der Waals surface area (Å²) in [5.41, 5.74) is 7.03. The van der Waals surface area contributed by atoms with E-state index in [1.807, 2.05) is 29.6 Å². The number of nitrogens with zero attached hydrogens (tertiary/aromatic N) is 5. The van der Waals surface area contributed by atoms with Gasteiger partial charge in [-0.2, -0.15) is 16.4 Å². The van der Waals surface area contributed by atoms with E-state index in [0.717, 1.165) is 33.4 Å². The predicted octanol–water partition coefficient (Wildman–Crippen LogP) is 4.39. The van der Waals surface area contributed by atoms with Gasteiger partial charge in [0.2, 0.25) is 0 Å². The zero-order valence-corrected chi connectivity index (χ0v) is 16.2. The van der Waals surface area contributed by atoms with Crippen LogP contribution in [0.3, 0.4) is 0 Å². The van der Waals surface area contributed by atoms with E-state index in [1.165, 1.54) is 6.20 Å². The summed E-state index contributed by atoms with van der Waals surface area (Å²) < 4.78 is 0. The van der Waals surface area contributed by atoms with Crippen molar-refractivity contribution in [3.63, 3.8) is 0 Å². The molecule has 30 heavy (non-hydrogen) atoms. The van der Waals surface area contributed by atoms with Crippen molar-refractivity contribution in [3.8, 4) is 39.8 Å². The number of nitrogens with one attached hydrogen (secondary N) is 2. The molecule has 6 rings (SSSR count). The fourth-order valence-electron chi connectivity index (χ4n) is 3.45. The van der Waals surface area contributed by atoms with Gasteiger partial charge in [-0.05, 0) is 35.7 Å². The number of hydrogen-bond donors (Lipinski definition) is 3. The molecule has 0 fully saturated rings. The Bertz CT molecular complexity index is 1520. The molecular formula is C21H13N7OS. The Morgan fingerprint density at radius 3 is 2.70 bits per heavy atom. The topological polar surface area (TPSA) is 116 Å². The Morgan fingerprint density at radius 2 is 1.83 bits per heavy atom. The highest BCUT2D eigenvalue weighted by molar-refractivity contribution is 7.08. The van der Waals surface area contributed by atoms with Crippen LogP contribution in [0.15, 0.2) is 59.7 Å². The van der Waals surface area contributed by atoms with Crippen molar-refractivity contribution in [2.45, 2.75) is 0 Å². The third kappa shape index (κ3) is 2.64. The minimum atomic E-state index is 0.0903. The first-order valence-corrected chi connectivity index (χ1v) is 10.1. The van der Waals surface area contributed by atoms with E-state index in [9.17, 15) is 5.11 Å². The SMILES string of the molecule is Oc1cncc(-c2ccc3[nH]nc(-c4nc5c(-c6ccsc6)nccc5[nH]4)c3n2)c1. The first-order chi connectivity index (χ1) is 14.8. The normalized spacial score (nSPS) is 11.5. The Labute approximate surface area is 173 Å². The number of hydrogen-bond acceptors (Lipinski definition) is 7. The maximum absolute atomic E-state index is 9.74. The van der Waals surface area contributed by atoms with E-state index in [-0.39, 0.29) is 5.75 Å². The molecule has 0 atom stereocenters. The molecular weight excluding hydrogens is 398 g/mol. The summed E-state index contributed by atoms with van der Waals surface area (Å²) in [6, 6.07) is 9.31. The highest BCUT2D eigenvalue weighted by atomic mass is 32.1. The van der Waals surface area contributed by atoms with Crippen LogP contribution in [-0.2, 0) is 0 Å². The molecule has 0 aliphatic heterocycles. The summed E-state index contributed by atoms with van der Waals surface area (Å²) in [5.74, 6) is 0.701. The van der Waals surface area contributed by atoms with Crippen LogP contribution in [0.25, 0.3) is 56.1 Å². The number of pyridine rings is 3. The van der Waals surface area contributed by atoms with Gasteiger partial charge in [0.05, 0.1) is 28.6 Å². The van der Waals surface area contributed by atoms with Gasteiger partial charge < -0.3 is 10.1 Å². The molecule has 0 radical (unpaired) electrons. The monoisotopic (exact) mass is 411 g/mol. The molecule has 6 aromatic heterocycles. The summed E-state index contributed by atoms with van der Waals surface area (Å²) in [5, 5.41) is 21.3. The van der Waals surface area contributed by atoms with Crippen molar-refractivity contribution in [1.82, 2.24) is 35.1 Å². The lowest BCUT2D eigenvalue weighted by Crippen LogP contribution is -1.88. The molecule has 0 aliphatic carbocycles. The van der Waals surface area contributed by atoms with Crippen molar-refractivity contribution in [3.05, 3.63) is 59.7 Å². The summed E-state index contributed by atoms with van der Waals surface area (Å²) >= 11 is 1.62. The number of fused-ring (bicyclic) bond motifs is 2. The van der Waals surface area contributed by atoms with Crippen molar-refractivity contribution in [2.75, 3.05) is 0 Å². The van der Waals surface area contributed by atoms with E-state index in [2.05, 4.69) is 30.5 Å². The number of aromatic amines is 2. The van der Waals surface area contributed by atoms with E-state index in [0.29, 0.717) is 22.7 Å². The van der Waals surface area contributed by atoms with Crippen LogP contribution in [0.5, 0.6) is 5.75 Å². The Balaban J connectivity index is 1.52. The smallest absolute Gasteiger partial charge is 0.161 e. The molecule has 0 saturated heterocycles. The van der Waals surface area contributed by atoms with Crippen LogP contribution in [-0.4, -0.2) is 40.2 Å². The van der Waals surface area contributed by atoms with E-state index >= 15 is 0 Å². The van der Waals surface area contributed by atoms with E-state index in [1.54, 1.807) is 29.8 Å². The fourth-order valence-corrected chi connectivity index (χ4v) is 4.09. The van der Waals surface area contributed by atoms with Crippen molar-refractivity contribution in [2.24, 2.45) is 0 Å². The molecule has 0 unspecified atom stereocenters. The number of aromatic hydroxyl groups is 1. The lowest BCUT2D eigenvalue weighted by Gasteiger charge is -2.01. The Hall–Kier alpha value is -4.11. The van der Waals surface area contributed by atoms with Gasteiger partial charge in [-0.3, -0.25) is 15.1 Å². The lowest BCUT2D eigenvalue weighted by molar-refractivity contribution is 0.473. The second-order valence-corrected chi connectivity index (χ2v) is 7.53. The van der Waals surface area contributed by atoms with E-state index in [4.69, 9.17) is 9.97 Å². The zero-order chi connectivity index (χ0) is 20.1. The van der Waals surface area contributed by atoms with Crippen LogP contribution in [0.2, 0.25) is 0 Å². The second kappa shape index (κ2) is 6.46. The van der Waals surface area contributed by atoms with Gasteiger partial charge in [-0.25, -0.2) is 9.97 Å². The highest BCUT2D eigenvalue weighted by Crippen LogP contribution is 2.31. The minimum Gasteiger partial charge on any atom is -0.506 e. The molecule has 0 bridgehead atoms. The molecule has 6 aromatic rings. The average Bonchev–Trinajstić information content (AvgIpc) is 3.51. The Kier molecular flexibility index (Phi) is 3.62. The van der Waals surface area contributed by atoms with Crippen molar-refractivity contribution >= 4 is 33.4 Å². The fraction of sp³-hybridized carbons (Fsp3) is 0. The number of imidazole rings is 1. The standard InChI is InChI=1S/C21H13N7OS/c29-13-7-12(8-22-9-13)14-1-2-16-19(24-14)20(28-27-16)21-25-15-3-5-23-17(18(15)26-21)11-4-6-30-10-11/h1-10,29H,(H,25,26)(H,27,28). The molecule has 0 aromatic carbocycles. The first kappa shape index (κ1) is 16.8. The second-order valence-electron chi connectivity index (χ2n) is 6.75. The predicted molar refractivity (Wildman–Crippen MR) is 115 cm³/mol. The van der Waals surface area contributed by atoms with Gasteiger partial charge in [0, 0.05) is 28.9 Å². The maximum atomic E-state index is 9.74. The number of rotatable bonds is 3. The highest BCUT2D eigenvalue weighted by Gasteiger charge is 2.17. The minimum absolute atomic E-state index is 0.0903. The molecule has 3 N–H and O–H groups in total. The zero-order valence-electron chi connectivity index (χ0n) is 15.4. The van der Waals surface area contributed by atoms with Crippen LogP contribution in [0.1, 0.15) is 0 Å². The summed E-state index contributed by atoms with van der Waals surface area (Å²) in [6.45, 7) is 0. The molecule has 6 heterocycles. The molecule has 0 amide bonds. The number of aromatic nitrogens is 7. The third-order valence-corrected chi connectivity index (χ3v) is 5.53. The summed E-state index contributed by atoms with van der Waals surface area (Å²) in [6.07, 6.45) is 4.82. The van der Waals surface area contributed by atoms with Gasteiger partial charge >= 0.3 is 0 Å². The molecule has 0 spiro atoms. The number of thiophene rings is 1. The molecule has 0 saturated carbocycles. The van der Waals surface area contributed by atoms with Crippen LogP contribution < -0.4 is 0 Å². The summed E-state index contributed by atoms with van der Waals surface area (Å²) in [4.78, 5) is 21.4.